The van der Waals surface area contributed by atoms with Crippen LogP contribution in [0, 0.1) is 11.8 Å². The van der Waals surface area contributed by atoms with E-state index in [1.54, 1.807) is 6.07 Å². The van der Waals surface area contributed by atoms with E-state index in [1.807, 2.05) is 0 Å². The highest BCUT2D eigenvalue weighted by atomic mass is 32.2. The first-order valence-electron chi connectivity index (χ1n) is 7.31. The molecule has 0 amide bonds. The van der Waals surface area contributed by atoms with Crippen molar-refractivity contribution in [3.63, 3.8) is 0 Å². The Morgan fingerprint density at radius 1 is 1.25 bits per heavy atom. The number of hydrogen-bond donors (Lipinski definition) is 2. The van der Waals surface area contributed by atoms with Gasteiger partial charge in [-0.1, -0.05) is 26.2 Å². The van der Waals surface area contributed by atoms with E-state index in [-0.39, 0.29) is 5.09 Å². The van der Waals surface area contributed by atoms with Crippen LogP contribution >= 0.6 is 0 Å². The summed E-state index contributed by atoms with van der Waals surface area (Å²) in [7, 11) is -3.73. The van der Waals surface area contributed by atoms with Crippen molar-refractivity contribution >= 4 is 10.0 Å². The third kappa shape index (κ3) is 4.33. The van der Waals surface area contributed by atoms with Gasteiger partial charge in [-0.3, -0.25) is 0 Å². The summed E-state index contributed by atoms with van der Waals surface area (Å²) >= 11 is 0. The standard InChI is InChI=1S/C14H24N2O3S/c1-2-11-3-5-12(6-4-11)9-16-10-13-7-8-14(19-13)20(15,17)18/h7-8,11-12,16H,2-6,9-10H2,1H3,(H2,15,17,18). The quantitative estimate of drug-likeness (QED) is 0.843. The van der Waals surface area contributed by atoms with Gasteiger partial charge in [-0.05, 0) is 43.4 Å². The molecule has 6 heteroatoms. The fraction of sp³-hybridized carbons (Fsp3) is 0.714. The first kappa shape index (κ1) is 15.5. The van der Waals surface area contributed by atoms with E-state index in [1.165, 1.54) is 38.2 Å². The molecule has 20 heavy (non-hydrogen) atoms. The second kappa shape index (κ2) is 6.74. The summed E-state index contributed by atoms with van der Waals surface area (Å²) < 4.78 is 27.4. The maximum atomic E-state index is 11.1. The van der Waals surface area contributed by atoms with E-state index < -0.39 is 10.0 Å². The van der Waals surface area contributed by atoms with Crippen LogP contribution in [0.4, 0.5) is 0 Å². The molecule has 0 bridgehead atoms. The van der Waals surface area contributed by atoms with Crippen LogP contribution in [0.15, 0.2) is 21.6 Å². The molecule has 5 nitrogen and oxygen atoms in total. The molecule has 1 fully saturated rings. The third-order valence-corrected chi connectivity index (χ3v) is 4.97. The maximum absolute atomic E-state index is 11.1. The van der Waals surface area contributed by atoms with Gasteiger partial charge >= 0.3 is 0 Å². The van der Waals surface area contributed by atoms with E-state index in [9.17, 15) is 8.42 Å². The van der Waals surface area contributed by atoms with Crippen molar-refractivity contribution in [2.75, 3.05) is 6.54 Å². The zero-order valence-electron chi connectivity index (χ0n) is 12.0. The lowest BCUT2D eigenvalue weighted by Gasteiger charge is -2.27. The first-order chi connectivity index (χ1) is 9.49. The summed E-state index contributed by atoms with van der Waals surface area (Å²) in [4.78, 5) is 0. The molecule has 0 aliphatic heterocycles. The summed E-state index contributed by atoms with van der Waals surface area (Å²) in [5.41, 5.74) is 0. The molecule has 2 rings (SSSR count). The summed E-state index contributed by atoms with van der Waals surface area (Å²) in [6, 6.07) is 3.06. The topological polar surface area (TPSA) is 85.3 Å². The van der Waals surface area contributed by atoms with Gasteiger partial charge in [-0.25, -0.2) is 13.6 Å². The van der Waals surface area contributed by atoms with Crippen molar-refractivity contribution in [2.45, 2.75) is 50.7 Å². The van der Waals surface area contributed by atoms with Crippen LogP contribution in [0.1, 0.15) is 44.8 Å². The molecule has 1 aliphatic rings. The fourth-order valence-corrected chi connectivity index (χ4v) is 3.33. The van der Waals surface area contributed by atoms with Crippen molar-refractivity contribution in [3.8, 4) is 0 Å². The number of nitrogens with one attached hydrogen (secondary N) is 1. The second-order valence-electron chi connectivity index (χ2n) is 5.69. The van der Waals surface area contributed by atoms with Crippen LogP contribution in [0.3, 0.4) is 0 Å². The Morgan fingerprint density at radius 3 is 2.45 bits per heavy atom. The Labute approximate surface area is 121 Å². The Bertz CT molecular complexity index is 516. The zero-order valence-corrected chi connectivity index (χ0v) is 12.8. The lowest BCUT2D eigenvalue weighted by molar-refractivity contribution is 0.260. The average Bonchev–Trinajstić information content (AvgIpc) is 2.88. The lowest BCUT2D eigenvalue weighted by Crippen LogP contribution is -2.26. The number of primary sulfonamides is 1. The smallest absolute Gasteiger partial charge is 0.271 e. The first-order valence-corrected chi connectivity index (χ1v) is 8.86. The van der Waals surface area contributed by atoms with Gasteiger partial charge in [0, 0.05) is 0 Å². The normalized spacial score (nSPS) is 23.9. The molecule has 0 unspecified atom stereocenters. The molecule has 3 N–H and O–H groups in total. The largest absolute Gasteiger partial charge is 0.447 e. The van der Waals surface area contributed by atoms with E-state index in [4.69, 9.17) is 9.56 Å². The minimum atomic E-state index is -3.73. The molecule has 1 aromatic heterocycles. The molecule has 114 valence electrons. The molecular weight excluding hydrogens is 276 g/mol. The van der Waals surface area contributed by atoms with Crippen LogP contribution in [-0.4, -0.2) is 15.0 Å². The molecule has 1 aromatic rings. The van der Waals surface area contributed by atoms with Gasteiger partial charge in [0.15, 0.2) is 0 Å². The average molecular weight is 300 g/mol. The van der Waals surface area contributed by atoms with Crippen molar-refractivity contribution in [1.29, 1.82) is 0 Å². The summed E-state index contributed by atoms with van der Waals surface area (Å²) in [6.45, 7) is 3.77. The van der Waals surface area contributed by atoms with Crippen LogP contribution in [0.25, 0.3) is 0 Å². The molecule has 0 atom stereocenters. The molecule has 0 aromatic carbocycles. The van der Waals surface area contributed by atoms with Crippen LogP contribution in [-0.2, 0) is 16.6 Å². The van der Waals surface area contributed by atoms with Crippen LogP contribution < -0.4 is 10.5 Å². The van der Waals surface area contributed by atoms with Gasteiger partial charge in [0.25, 0.3) is 10.0 Å². The Morgan fingerprint density at radius 2 is 1.90 bits per heavy atom. The van der Waals surface area contributed by atoms with Gasteiger partial charge in [-0.2, -0.15) is 0 Å². The predicted octanol–water partition coefficient (Wildman–Crippen LogP) is 2.23. The van der Waals surface area contributed by atoms with Crippen LogP contribution in [0.5, 0.6) is 0 Å². The minimum absolute atomic E-state index is 0.169. The number of rotatable bonds is 6. The molecule has 0 radical (unpaired) electrons. The van der Waals surface area contributed by atoms with E-state index >= 15 is 0 Å². The molecule has 1 heterocycles. The zero-order chi connectivity index (χ0) is 14.6. The minimum Gasteiger partial charge on any atom is -0.447 e. The third-order valence-electron chi connectivity index (χ3n) is 4.19. The summed E-state index contributed by atoms with van der Waals surface area (Å²) in [5.74, 6) is 2.25. The Hall–Kier alpha value is -0.850. The van der Waals surface area contributed by atoms with Crippen molar-refractivity contribution in [3.05, 3.63) is 17.9 Å². The van der Waals surface area contributed by atoms with Crippen molar-refractivity contribution in [1.82, 2.24) is 5.32 Å². The predicted molar refractivity (Wildman–Crippen MR) is 77.5 cm³/mol. The van der Waals surface area contributed by atoms with Gasteiger partial charge in [0.1, 0.15) is 5.76 Å². The second-order valence-corrected chi connectivity index (χ2v) is 7.18. The maximum Gasteiger partial charge on any atom is 0.271 e. The number of hydrogen-bond acceptors (Lipinski definition) is 4. The summed E-state index contributed by atoms with van der Waals surface area (Å²) in [5, 5.41) is 8.17. The van der Waals surface area contributed by atoms with Gasteiger partial charge in [0.05, 0.1) is 6.54 Å². The molecular formula is C14H24N2O3S. The fourth-order valence-electron chi connectivity index (χ4n) is 2.85. The Kier molecular flexibility index (Phi) is 5.23. The van der Waals surface area contributed by atoms with E-state index in [0.29, 0.717) is 12.3 Å². The monoisotopic (exact) mass is 300 g/mol. The Balaban J connectivity index is 1.72. The highest BCUT2D eigenvalue weighted by molar-refractivity contribution is 7.89. The number of furan rings is 1. The van der Waals surface area contributed by atoms with Crippen molar-refractivity contribution in [2.24, 2.45) is 17.0 Å². The summed E-state index contributed by atoms with van der Waals surface area (Å²) in [6.07, 6.45) is 6.53. The van der Waals surface area contributed by atoms with Gasteiger partial charge in [-0.15, -0.1) is 0 Å². The van der Waals surface area contributed by atoms with E-state index in [2.05, 4.69) is 12.2 Å². The molecule has 1 saturated carbocycles. The highest BCUT2D eigenvalue weighted by Crippen LogP contribution is 2.30. The molecule has 1 aliphatic carbocycles. The van der Waals surface area contributed by atoms with E-state index in [0.717, 1.165) is 18.4 Å². The highest BCUT2D eigenvalue weighted by Gasteiger charge is 2.19. The SMILES string of the molecule is CCC1CCC(CNCc2ccc(S(N)(=O)=O)o2)CC1. The molecule has 0 spiro atoms. The number of sulfonamides is 1. The van der Waals surface area contributed by atoms with Crippen molar-refractivity contribution < 1.29 is 12.8 Å². The number of nitrogens with two attached hydrogens (primary N) is 1. The lowest BCUT2D eigenvalue weighted by atomic mass is 9.81. The molecule has 0 saturated heterocycles. The van der Waals surface area contributed by atoms with Crippen LogP contribution in [0.2, 0.25) is 0 Å². The van der Waals surface area contributed by atoms with Gasteiger partial charge < -0.3 is 9.73 Å². The van der Waals surface area contributed by atoms with Gasteiger partial charge in [0.2, 0.25) is 5.09 Å².